The lowest BCUT2D eigenvalue weighted by atomic mass is 10.1. The van der Waals surface area contributed by atoms with Crippen molar-refractivity contribution in [2.24, 2.45) is 0 Å². The fraction of sp³-hybridized carbons (Fsp3) is 0.429. The summed E-state index contributed by atoms with van der Waals surface area (Å²) in [5.74, 6) is 0.112. The van der Waals surface area contributed by atoms with Crippen molar-refractivity contribution in [2.75, 3.05) is 6.54 Å². The highest BCUT2D eigenvalue weighted by molar-refractivity contribution is 14.1. The molecule has 0 radical (unpaired) electrons. The molecule has 1 aromatic carbocycles. The van der Waals surface area contributed by atoms with Crippen molar-refractivity contribution in [3.05, 3.63) is 32.4 Å². The van der Waals surface area contributed by atoms with Crippen LogP contribution in [0, 0.1) is 3.57 Å². The molecule has 0 N–H and O–H groups in total. The summed E-state index contributed by atoms with van der Waals surface area (Å²) >= 11 is 8.10. The average molecular weight is 392 g/mol. The van der Waals surface area contributed by atoms with E-state index >= 15 is 0 Å². The number of carbonyl (C=O) groups excluding carboxylic acids is 2. The molecule has 1 heterocycles. The predicted octanol–water partition coefficient (Wildman–Crippen LogP) is 3.53. The number of ketones is 1. The summed E-state index contributed by atoms with van der Waals surface area (Å²) in [7, 11) is 0. The number of rotatable bonds is 3. The van der Waals surface area contributed by atoms with Crippen LogP contribution in [-0.4, -0.2) is 29.2 Å². The molecule has 0 saturated carbocycles. The summed E-state index contributed by atoms with van der Waals surface area (Å²) in [5.41, 5.74) is 0.628. The van der Waals surface area contributed by atoms with Gasteiger partial charge in [-0.3, -0.25) is 9.59 Å². The first-order valence-electron chi connectivity index (χ1n) is 6.24. The highest BCUT2D eigenvalue weighted by Crippen LogP contribution is 2.26. The van der Waals surface area contributed by atoms with Crippen molar-refractivity contribution in [1.82, 2.24) is 4.90 Å². The van der Waals surface area contributed by atoms with Crippen molar-refractivity contribution in [1.29, 1.82) is 0 Å². The molecule has 102 valence electrons. The molecule has 1 unspecified atom stereocenters. The number of hydrogen-bond donors (Lipinski definition) is 0. The van der Waals surface area contributed by atoms with Crippen LogP contribution >= 0.6 is 34.2 Å². The van der Waals surface area contributed by atoms with Crippen molar-refractivity contribution in [2.45, 2.75) is 32.2 Å². The molecule has 0 spiro atoms. The van der Waals surface area contributed by atoms with Crippen molar-refractivity contribution in [3.63, 3.8) is 0 Å². The Morgan fingerprint density at radius 1 is 1.47 bits per heavy atom. The van der Waals surface area contributed by atoms with Gasteiger partial charge in [0.1, 0.15) is 5.78 Å². The molecule has 1 amide bonds. The summed E-state index contributed by atoms with van der Waals surface area (Å²) in [6.45, 7) is 2.30. The van der Waals surface area contributed by atoms with Crippen LogP contribution in [0.2, 0.25) is 5.02 Å². The number of likely N-dealkylation sites (tertiary alicyclic amines) is 1. The minimum atomic E-state index is -0.0179. The summed E-state index contributed by atoms with van der Waals surface area (Å²) in [6.07, 6.45) is 2.31. The fourth-order valence-electron chi connectivity index (χ4n) is 2.46. The molecule has 19 heavy (non-hydrogen) atoms. The maximum atomic E-state index is 12.6. The summed E-state index contributed by atoms with van der Waals surface area (Å²) in [5, 5.41) is 0.561. The lowest BCUT2D eigenvalue weighted by molar-refractivity contribution is -0.117. The quantitative estimate of drug-likeness (QED) is 0.739. The van der Waals surface area contributed by atoms with Gasteiger partial charge in [-0.25, -0.2) is 0 Å². The first-order chi connectivity index (χ1) is 8.99. The Labute approximate surface area is 131 Å². The highest BCUT2D eigenvalue weighted by Gasteiger charge is 2.30. The van der Waals surface area contributed by atoms with Crippen molar-refractivity contribution in [3.8, 4) is 0 Å². The number of Topliss-reactive ketones (excluding diaryl/α,β-unsaturated/α-hetero) is 1. The first-order valence-corrected chi connectivity index (χ1v) is 7.70. The average Bonchev–Trinajstić information content (AvgIpc) is 2.78. The van der Waals surface area contributed by atoms with Gasteiger partial charge in [-0.1, -0.05) is 11.6 Å². The Balaban J connectivity index is 2.23. The normalized spacial score (nSPS) is 18.7. The Morgan fingerprint density at radius 3 is 2.89 bits per heavy atom. The van der Waals surface area contributed by atoms with Crippen LogP contribution in [0.5, 0.6) is 0 Å². The zero-order valence-corrected chi connectivity index (χ0v) is 13.6. The van der Waals surface area contributed by atoms with Gasteiger partial charge in [0.05, 0.1) is 5.56 Å². The molecule has 0 bridgehead atoms. The van der Waals surface area contributed by atoms with E-state index in [9.17, 15) is 9.59 Å². The number of carbonyl (C=O) groups is 2. The van der Waals surface area contributed by atoms with E-state index in [0.717, 1.165) is 23.0 Å². The minimum absolute atomic E-state index is 0.0179. The van der Waals surface area contributed by atoms with E-state index in [1.54, 1.807) is 19.1 Å². The van der Waals surface area contributed by atoms with Crippen LogP contribution in [0.3, 0.4) is 0 Å². The Morgan fingerprint density at radius 2 is 2.21 bits per heavy atom. The molecule has 0 aliphatic carbocycles. The SMILES string of the molecule is CC(=O)CC1CCCN1C(=O)c1cc(Cl)ccc1I. The summed E-state index contributed by atoms with van der Waals surface area (Å²) < 4.78 is 0.889. The van der Waals surface area contributed by atoms with Gasteiger partial charge in [0.2, 0.25) is 0 Å². The third-order valence-corrected chi connectivity index (χ3v) is 4.50. The molecule has 2 rings (SSSR count). The first kappa shape index (κ1) is 14.8. The molecule has 3 nitrogen and oxygen atoms in total. The lowest BCUT2D eigenvalue weighted by Crippen LogP contribution is -2.37. The second-order valence-corrected chi connectivity index (χ2v) is 6.42. The Hall–Kier alpha value is -0.620. The van der Waals surface area contributed by atoms with Crippen molar-refractivity contribution < 1.29 is 9.59 Å². The van der Waals surface area contributed by atoms with Gasteiger partial charge in [0, 0.05) is 27.6 Å². The third kappa shape index (κ3) is 3.48. The van der Waals surface area contributed by atoms with Crippen LogP contribution < -0.4 is 0 Å². The summed E-state index contributed by atoms with van der Waals surface area (Å²) in [6, 6.07) is 5.36. The van der Waals surface area contributed by atoms with Crippen molar-refractivity contribution >= 4 is 45.9 Å². The topological polar surface area (TPSA) is 37.4 Å². The van der Waals surface area contributed by atoms with Crippen LogP contribution in [-0.2, 0) is 4.79 Å². The zero-order chi connectivity index (χ0) is 14.0. The third-order valence-electron chi connectivity index (χ3n) is 3.32. The van der Waals surface area contributed by atoms with Crippen LogP contribution in [0.1, 0.15) is 36.5 Å². The van der Waals surface area contributed by atoms with Gasteiger partial charge in [0.15, 0.2) is 0 Å². The number of amides is 1. The Bertz CT molecular complexity index is 518. The van der Waals surface area contributed by atoms with Crippen LogP contribution in [0.25, 0.3) is 0 Å². The van der Waals surface area contributed by atoms with E-state index in [4.69, 9.17) is 11.6 Å². The highest BCUT2D eigenvalue weighted by atomic mass is 127. The van der Waals surface area contributed by atoms with Gasteiger partial charge < -0.3 is 4.90 Å². The Kier molecular flexibility index (Phi) is 4.84. The standard InChI is InChI=1S/C14H15ClINO2/c1-9(18)7-11-3-2-6-17(11)14(19)12-8-10(15)4-5-13(12)16/h4-5,8,11H,2-3,6-7H2,1H3. The lowest BCUT2D eigenvalue weighted by Gasteiger charge is -2.24. The second-order valence-electron chi connectivity index (χ2n) is 4.82. The smallest absolute Gasteiger partial charge is 0.255 e. The zero-order valence-electron chi connectivity index (χ0n) is 10.7. The van der Waals surface area contributed by atoms with E-state index in [2.05, 4.69) is 22.6 Å². The number of hydrogen-bond acceptors (Lipinski definition) is 2. The molecule has 5 heteroatoms. The van der Waals surface area contributed by atoms with Gasteiger partial charge in [0.25, 0.3) is 5.91 Å². The largest absolute Gasteiger partial charge is 0.335 e. The molecule has 1 fully saturated rings. The molecular weight excluding hydrogens is 377 g/mol. The summed E-state index contributed by atoms with van der Waals surface area (Å²) in [4.78, 5) is 25.6. The maximum absolute atomic E-state index is 12.6. The predicted molar refractivity (Wildman–Crippen MR) is 83.5 cm³/mol. The van der Waals surface area contributed by atoms with Gasteiger partial charge in [-0.05, 0) is 60.6 Å². The molecule has 1 aliphatic rings. The van der Waals surface area contributed by atoms with Gasteiger partial charge in [-0.15, -0.1) is 0 Å². The maximum Gasteiger partial charge on any atom is 0.255 e. The monoisotopic (exact) mass is 391 g/mol. The molecule has 1 aliphatic heterocycles. The van der Waals surface area contributed by atoms with E-state index in [0.29, 0.717) is 17.0 Å². The van der Waals surface area contributed by atoms with E-state index < -0.39 is 0 Å². The molecule has 0 aromatic heterocycles. The number of nitrogens with zero attached hydrogens (tertiary/aromatic N) is 1. The molecule has 1 aromatic rings. The number of benzene rings is 1. The van der Waals surface area contributed by atoms with Crippen LogP contribution in [0.4, 0.5) is 0 Å². The number of halogens is 2. The van der Waals surface area contributed by atoms with E-state index in [1.807, 2.05) is 11.0 Å². The van der Waals surface area contributed by atoms with E-state index in [1.165, 1.54) is 0 Å². The van der Waals surface area contributed by atoms with Gasteiger partial charge >= 0.3 is 0 Å². The van der Waals surface area contributed by atoms with Gasteiger partial charge in [-0.2, -0.15) is 0 Å². The second kappa shape index (κ2) is 6.22. The minimum Gasteiger partial charge on any atom is -0.335 e. The van der Waals surface area contributed by atoms with E-state index in [-0.39, 0.29) is 17.7 Å². The van der Waals surface area contributed by atoms with Crippen LogP contribution in [0.15, 0.2) is 18.2 Å². The molecular formula is C14H15ClINO2. The molecule has 1 saturated heterocycles. The molecule has 1 atom stereocenters. The fourth-order valence-corrected chi connectivity index (χ4v) is 3.20.